The van der Waals surface area contributed by atoms with Gasteiger partial charge in [0.15, 0.2) is 0 Å². The molecule has 0 aromatic carbocycles. The lowest BCUT2D eigenvalue weighted by Gasteiger charge is -2.38. The largest absolute Gasteiger partial charge is 0.313 e. The Morgan fingerprint density at radius 3 is 2.75 bits per heavy atom. The highest BCUT2D eigenvalue weighted by atomic mass is 19.3. The van der Waals surface area contributed by atoms with E-state index in [0.29, 0.717) is 6.42 Å². The molecule has 0 bridgehead atoms. The molecule has 1 aliphatic carbocycles. The number of rotatable bonds is 1. The van der Waals surface area contributed by atoms with Crippen LogP contribution in [0.3, 0.4) is 0 Å². The van der Waals surface area contributed by atoms with Gasteiger partial charge in [-0.05, 0) is 25.8 Å². The molecule has 2 atom stereocenters. The first kappa shape index (κ1) is 8.42. The zero-order valence-corrected chi connectivity index (χ0v) is 7.15. The minimum Gasteiger partial charge on any atom is -0.313 e. The molecule has 2 aliphatic rings. The van der Waals surface area contributed by atoms with Gasteiger partial charge in [0.25, 0.3) is 0 Å². The molecule has 1 nitrogen and oxygen atoms in total. The molecule has 70 valence electrons. The van der Waals surface area contributed by atoms with Crippen LogP contribution in [0.25, 0.3) is 0 Å². The molecule has 0 radical (unpaired) electrons. The van der Waals surface area contributed by atoms with Crippen molar-refractivity contribution in [3.05, 3.63) is 0 Å². The number of halogens is 2. The van der Waals surface area contributed by atoms with Gasteiger partial charge >= 0.3 is 0 Å². The molecule has 1 N–H and O–H groups in total. The van der Waals surface area contributed by atoms with E-state index in [1.165, 1.54) is 0 Å². The standard InChI is InChI=1S/C9H15F2N/c10-8(11)9-4-2-1-3-7(9)12-6-5-9/h7-8,12H,1-6H2. The van der Waals surface area contributed by atoms with E-state index in [1.807, 2.05) is 0 Å². The van der Waals surface area contributed by atoms with Crippen LogP contribution in [-0.2, 0) is 0 Å². The van der Waals surface area contributed by atoms with Crippen LogP contribution in [-0.4, -0.2) is 19.0 Å². The van der Waals surface area contributed by atoms with Crippen LogP contribution in [0.5, 0.6) is 0 Å². The summed E-state index contributed by atoms with van der Waals surface area (Å²) in [6.07, 6.45) is 2.33. The van der Waals surface area contributed by atoms with Gasteiger partial charge in [-0.2, -0.15) is 0 Å². The van der Waals surface area contributed by atoms with Gasteiger partial charge in [-0.1, -0.05) is 12.8 Å². The van der Waals surface area contributed by atoms with E-state index in [-0.39, 0.29) is 6.04 Å². The number of hydrogen-bond donors (Lipinski definition) is 1. The smallest absolute Gasteiger partial charge is 0.245 e. The van der Waals surface area contributed by atoms with Crippen LogP contribution in [0.15, 0.2) is 0 Å². The summed E-state index contributed by atoms with van der Waals surface area (Å²) in [5.41, 5.74) is -0.655. The molecule has 1 heterocycles. The van der Waals surface area contributed by atoms with E-state index in [2.05, 4.69) is 5.32 Å². The van der Waals surface area contributed by atoms with E-state index in [0.717, 1.165) is 32.2 Å². The Kier molecular flexibility index (Phi) is 2.07. The first-order valence-corrected chi connectivity index (χ1v) is 4.77. The predicted octanol–water partition coefficient (Wildman–Crippen LogP) is 2.17. The molecule has 1 saturated heterocycles. The molecule has 0 aromatic rings. The van der Waals surface area contributed by atoms with Gasteiger partial charge in [-0.15, -0.1) is 0 Å². The second kappa shape index (κ2) is 2.95. The highest BCUT2D eigenvalue weighted by Gasteiger charge is 2.50. The molecule has 12 heavy (non-hydrogen) atoms. The SMILES string of the molecule is FC(F)C12CCCCC1NCC2. The fourth-order valence-corrected chi connectivity index (χ4v) is 2.72. The lowest BCUT2D eigenvalue weighted by molar-refractivity contribution is -0.0342. The molecule has 1 aliphatic heterocycles. The topological polar surface area (TPSA) is 12.0 Å². The third kappa shape index (κ3) is 1.06. The van der Waals surface area contributed by atoms with Crippen molar-refractivity contribution in [2.45, 2.75) is 44.6 Å². The van der Waals surface area contributed by atoms with E-state index in [4.69, 9.17) is 0 Å². The van der Waals surface area contributed by atoms with Crippen LogP contribution in [0.1, 0.15) is 32.1 Å². The normalized spacial score (nSPS) is 41.8. The molecule has 0 spiro atoms. The fourth-order valence-electron chi connectivity index (χ4n) is 2.72. The molecule has 3 heteroatoms. The Labute approximate surface area is 71.5 Å². The van der Waals surface area contributed by atoms with Gasteiger partial charge < -0.3 is 5.32 Å². The molecular formula is C9H15F2N. The molecule has 0 amide bonds. The average molecular weight is 175 g/mol. The highest BCUT2D eigenvalue weighted by molar-refractivity contribution is 5.00. The summed E-state index contributed by atoms with van der Waals surface area (Å²) >= 11 is 0. The van der Waals surface area contributed by atoms with Crippen molar-refractivity contribution in [2.75, 3.05) is 6.54 Å². The van der Waals surface area contributed by atoms with Gasteiger partial charge in [0.1, 0.15) is 0 Å². The minimum atomic E-state index is -2.13. The maximum absolute atomic E-state index is 12.8. The first-order chi connectivity index (χ1) is 5.76. The summed E-state index contributed by atoms with van der Waals surface area (Å²) in [4.78, 5) is 0. The van der Waals surface area contributed by atoms with Gasteiger partial charge in [0.2, 0.25) is 6.43 Å². The molecule has 0 aromatic heterocycles. The van der Waals surface area contributed by atoms with E-state index in [9.17, 15) is 8.78 Å². The number of fused-ring (bicyclic) bond motifs is 1. The maximum atomic E-state index is 12.8. The Morgan fingerprint density at radius 2 is 2.08 bits per heavy atom. The Hall–Kier alpha value is -0.180. The third-order valence-electron chi connectivity index (χ3n) is 3.49. The lowest BCUT2D eigenvalue weighted by atomic mass is 9.71. The fraction of sp³-hybridized carbons (Fsp3) is 1.00. The quantitative estimate of drug-likeness (QED) is 0.644. The molecule has 2 unspecified atom stereocenters. The third-order valence-corrected chi connectivity index (χ3v) is 3.49. The van der Waals surface area contributed by atoms with Crippen LogP contribution in [0.4, 0.5) is 8.78 Å². The summed E-state index contributed by atoms with van der Waals surface area (Å²) in [5.74, 6) is 0. The van der Waals surface area contributed by atoms with Gasteiger partial charge in [-0.25, -0.2) is 8.78 Å². The lowest BCUT2D eigenvalue weighted by Crippen LogP contribution is -2.44. The van der Waals surface area contributed by atoms with Gasteiger partial charge in [0, 0.05) is 11.5 Å². The number of nitrogens with one attached hydrogen (secondary N) is 1. The van der Waals surface area contributed by atoms with Crippen LogP contribution >= 0.6 is 0 Å². The number of alkyl halides is 2. The van der Waals surface area contributed by atoms with Crippen molar-refractivity contribution >= 4 is 0 Å². The zero-order valence-electron chi connectivity index (χ0n) is 7.15. The Morgan fingerprint density at radius 1 is 1.25 bits per heavy atom. The van der Waals surface area contributed by atoms with Gasteiger partial charge in [-0.3, -0.25) is 0 Å². The summed E-state index contributed by atoms with van der Waals surface area (Å²) in [5, 5.41) is 3.20. The van der Waals surface area contributed by atoms with E-state index in [1.54, 1.807) is 0 Å². The molecule has 2 fully saturated rings. The van der Waals surface area contributed by atoms with Crippen LogP contribution in [0.2, 0.25) is 0 Å². The minimum absolute atomic E-state index is 0.103. The van der Waals surface area contributed by atoms with E-state index < -0.39 is 11.8 Å². The Bertz CT molecular complexity index is 172. The maximum Gasteiger partial charge on any atom is 0.245 e. The number of hydrogen-bond acceptors (Lipinski definition) is 1. The molecule has 1 saturated carbocycles. The monoisotopic (exact) mass is 175 g/mol. The zero-order chi connectivity index (χ0) is 8.60. The highest BCUT2D eigenvalue weighted by Crippen LogP contribution is 2.46. The van der Waals surface area contributed by atoms with Crippen molar-refractivity contribution in [2.24, 2.45) is 5.41 Å². The average Bonchev–Trinajstić information content (AvgIpc) is 2.48. The second-order valence-electron chi connectivity index (χ2n) is 4.04. The Balaban J connectivity index is 2.17. The van der Waals surface area contributed by atoms with Crippen molar-refractivity contribution in [1.82, 2.24) is 5.32 Å². The molecule has 2 rings (SSSR count). The predicted molar refractivity (Wildman–Crippen MR) is 43.3 cm³/mol. The molecular weight excluding hydrogens is 160 g/mol. The van der Waals surface area contributed by atoms with Crippen LogP contribution < -0.4 is 5.32 Å². The second-order valence-corrected chi connectivity index (χ2v) is 4.04. The summed E-state index contributed by atoms with van der Waals surface area (Å²) < 4.78 is 25.7. The van der Waals surface area contributed by atoms with Crippen molar-refractivity contribution in [3.8, 4) is 0 Å². The van der Waals surface area contributed by atoms with Crippen molar-refractivity contribution in [3.63, 3.8) is 0 Å². The first-order valence-electron chi connectivity index (χ1n) is 4.77. The van der Waals surface area contributed by atoms with Crippen molar-refractivity contribution in [1.29, 1.82) is 0 Å². The van der Waals surface area contributed by atoms with Crippen molar-refractivity contribution < 1.29 is 8.78 Å². The van der Waals surface area contributed by atoms with Crippen LogP contribution in [0, 0.1) is 5.41 Å². The summed E-state index contributed by atoms with van der Waals surface area (Å²) in [6.45, 7) is 0.787. The summed E-state index contributed by atoms with van der Waals surface area (Å²) in [7, 11) is 0. The van der Waals surface area contributed by atoms with E-state index >= 15 is 0 Å². The summed E-state index contributed by atoms with van der Waals surface area (Å²) in [6, 6.07) is 0.103. The van der Waals surface area contributed by atoms with Gasteiger partial charge in [0.05, 0.1) is 0 Å².